The van der Waals surface area contributed by atoms with E-state index in [1.807, 2.05) is 13.8 Å². The molecule has 2 aromatic rings. The third-order valence-electron chi connectivity index (χ3n) is 4.38. The molecule has 0 aliphatic heterocycles. The van der Waals surface area contributed by atoms with Crippen molar-refractivity contribution >= 4 is 17.9 Å². The molecular formula is C23H26O8. The summed E-state index contributed by atoms with van der Waals surface area (Å²) in [4.78, 5) is 34.5. The van der Waals surface area contributed by atoms with Crippen molar-refractivity contribution in [2.45, 2.75) is 20.3 Å². The summed E-state index contributed by atoms with van der Waals surface area (Å²) in [5.41, 5.74) is 0.437. The quantitative estimate of drug-likeness (QED) is 0.309. The molecule has 8 nitrogen and oxygen atoms in total. The van der Waals surface area contributed by atoms with Crippen LogP contribution in [0.5, 0.6) is 11.5 Å². The molecule has 31 heavy (non-hydrogen) atoms. The van der Waals surface area contributed by atoms with Gasteiger partial charge in [0.05, 0.1) is 30.3 Å². The third-order valence-corrected chi connectivity index (χ3v) is 4.38. The molecule has 166 valence electrons. The number of aromatic carboxylic acids is 1. The molecule has 0 amide bonds. The van der Waals surface area contributed by atoms with E-state index in [1.54, 1.807) is 24.3 Å². The van der Waals surface area contributed by atoms with Gasteiger partial charge in [0, 0.05) is 0 Å². The highest BCUT2D eigenvalue weighted by atomic mass is 16.6. The Hall–Kier alpha value is -3.39. The Morgan fingerprint density at radius 2 is 1.42 bits per heavy atom. The van der Waals surface area contributed by atoms with Crippen LogP contribution in [0.1, 0.15) is 41.0 Å². The van der Waals surface area contributed by atoms with Crippen LogP contribution in [-0.4, -0.2) is 49.4 Å². The number of esters is 2. The summed E-state index contributed by atoms with van der Waals surface area (Å²) < 4.78 is 21.2. The van der Waals surface area contributed by atoms with E-state index < -0.39 is 11.9 Å². The number of carbonyl (C=O) groups is 3. The van der Waals surface area contributed by atoms with Crippen molar-refractivity contribution in [2.24, 2.45) is 5.92 Å². The molecule has 2 aromatic carbocycles. The van der Waals surface area contributed by atoms with Gasteiger partial charge in [-0.25, -0.2) is 9.59 Å². The van der Waals surface area contributed by atoms with E-state index in [0.29, 0.717) is 31.1 Å². The average Bonchev–Trinajstić information content (AvgIpc) is 2.78. The second-order valence-corrected chi connectivity index (χ2v) is 6.68. The van der Waals surface area contributed by atoms with E-state index in [9.17, 15) is 14.4 Å². The van der Waals surface area contributed by atoms with Gasteiger partial charge in [-0.1, -0.05) is 13.8 Å². The van der Waals surface area contributed by atoms with E-state index >= 15 is 0 Å². The molecule has 0 spiro atoms. The smallest absolute Gasteiger partial charge is 0.343 e. The Labute approximate surface area is 180 Å². The number of carbonyl (C=O) groups excluding carboxylic acids is 2. The van der Waals surface area contributed by atoms with Crippen LogP contribution in [0.15, 0.2) is 48.5 Å². The Kier molecular flexibility index (Phi) is 9.51. The Balaban J connectivity index is 1.67. The van der Waals surface area contributed by atoms with Gasteiger partial charge in [-0.05, 0) is 55.0 Å². The van der Waals surface area contributed by atoms with Gasteiger partial charge in [-0.3, -0.25) is 4.79 Å². The minimum Gasteiger partial charge on any atom is -0.491 e. The Morgan fingerprint density at radius 3 is 2.03 bits per heavy atom. The number of benzene rings is 2. The van der Waals surface area contributed by atoms with Gasteiger partial charge < -0.3 is 24.1 Å². The van der Waals surface area contributed by atoms with E-state index in [4.69, 9.17) is 24.1 Å². The number of rotatable bonds is 12. The van der Waals surface area contributed by atoms with Gasteiger partial charge in [0.15, 0.2) is 0 Å². The molecule has 0 bridgehead atoms. The van der Waals surface area contributed by atoms with Crippen LogP contribution in [0.3, 0.4) is 0 Å². The van der Waals surface area contributed by atoms with Crippen LogP contribution >= 0.6 is 0 Å². The van der Waals surface area contributed by atoms with E-state index in [-0.39, 0.29) is 29.8 Å². The Bertz CT molecular complexity index is 858. The van der Waals surface area contributed by atoms with Crippen LogP contribution in [0.4, 0.5) is 0 Å². The van der Waals surface area contributed by atoms with E-state index in [0.717, 1.165) is 6.42 Å². The van der Waals surface area contributed by atoms with Gasteiger partial charge in [0.1, 0.15) is 24.7 Å². The summed E-state index contributed by atoms with van der Waals surface area (Å²) in [7, 11) is 0. The first-order valence-corrected chi connectivity index (χ1v) is 9.93. The lowest BCUT2D eigenvalue weighted by atomic mass is 10.1. The lowest BCUT2D eigenvalue weighted by Crippen LogP contribution is -2.18. The number of hydrogen-bond donors (Lipinski definition) is 1. The number of carboxylic acid groups (broad SMARTS) is 1. The van der Waals surface area contributed by atoms with Crippen molar-refractivity contribution in [3.05, 3.63) is 59.7 Å². The molecule has 0 aliphatic carbocycles. The molecular weight excluding hydrogens is 404 g/mol. The van der Waals surface area contributed by atoms with Crippen LogP contribution in [0, 0.1) is 5.92 Å². The lowest BCUT2D eigenvalue weighted by Gasteiger charge is -2.10. The molecule has 1 unspecified atom stereocenters. The summed E-state index contributed by atoms with van der Waals surface area (Å²) >= 11 is 0. The van der Waals surface area contributed by atoms with Crippen molar-refractivity contribution in [1.82, 2.24) is 0 Å². The fraction of sp³-hybridized carbons (Fsp3) is 0.348. The second kappa shape index (κ2) is 12.3. The van der Waals surface area contributed by atoms with Crippen molar-refractivity contribution in [1.29, 1.82) is 0 Å². The molecule has 1 N–H and O–H groups in total. The van der Waals surface area contributed by atoms with Crippen molar-refractivity contribution < 1.29 is 38.4 Å². The fourth-order valence-electron chi connectivity index (χ4n) is 2.35. The highest BCUT2D eigenvalue weighted by Gasteiger charge is 2.11. The van der Waals surface area contributed by atoms with Gasteiger partial charge in [-0.2, -0.15) is 0 Å². The molecule has 0 aromatic heterocycles. The van der Waals surface area contributed by atoms with Crippen LogP contribution < -0.4 is 9.47 Å². The summed E-state index contributed by atoms with van der Waals surface area (Å²) in [5.74, 6) is -1.13. The summed E-state index contributed by atoms with van der Waals surface area (Å²) in [6.07, 6.45) is 0.740. The molecule has 0 aliphatic rings. The second-order valence-electron chi connectivity index (χ2n) is 6.68. The SMILES string of the molecule is CCC(C)C(=O)OCCOCCOc1ccc(C(=O)Oc2ccc(C(=O)O)cc2)cc1. The molecule has 0 saturated heterocycles. The van der Waals surface area contributed by atoms with Gasteiger partial charge in [0.2, 0.25) is 0 Å². The molecule has 0 radical (unpaired) electrons. The third kappa shape index (κ3) is 8.10. The van der Waals surface area contributed by atoms with Crippen molar-refractivity contribution in [3.63, 3.8) is 0 Å². The maximum Gasteiger partial charge on any atom is 0.343 e. The maximum absolute atomic E-state index is 12.2. The molecule has 1 atom stereocenters. The normalized spacial score (nSPS) is 11.4. The molecule has 8 heteroatoms. The van der Waals surface area contributed by atoms with Gasteiger partial charge >= 0.3 is 17.9 Å². The predicted molar refractivity (Wildman–Crippen MR) is 112 cm³/mol. The first-order chi connectivity index (χ1) is 14.9. The monoisotopic (exact) mass is 430 g/mol. The summed E-state index contributed by atoms with van der Waals surface area (Å²) in [6, 6.07) is 12.0. The zero-order valence-corrected chi connectivity index (χ0v) is 17.5. The van der Waals surface area contributed by atoms with Crippen molar-refractivity contribution in [3.8, 4) is 11.5 Å². The topological polar surface area (TPSA) is 108 Å². The highest BCUT2D eigenvalue weighted by molar-refractivity contribution is 5.91. The summed E-state index contributed by atoms with van der Waals surface area (Å²) in [6.45, 7) is 4.89. The maximum atomic E-state index is 12.2. The largest absolute Gasteiger partial charge is 0.491 e. The van der Waals surface area contributed by atoms with E-state index in [2.05, 4.69) is 0 Å². The average molecular weight is 430 g/mol. The highest BCUT2D eigenvalue weighted by Crippen LogP contribution is 2.17. The van der Waals surface area contributed by atoms with Crippen LogP contribution in [-0.2, 0) is 14.3 Å². The standard InChI is InChI=1S/C23H26O8/c1-3-16(2)22(26)30-15-13-28-12-14-29-19-8-6-18(7-9-19)23(27)31-20-10-4-17(5-11-20)21(24)25/h4-11,16H,3,12-15H2,1-2H3,(H,24,25). The van der Waals surface area contributed by atoms with Gasteiger partial charge in [-0.15, -0.1) is 0 Å². The van der Waals surface area contributed by atoms with Gasteiger partial charge in [0.25, 0.3) is 0 Å². The van der Waals surface area contributed by atoms with Crippen LogP contribution in [0.25, 0.3) is 0 Å². The Morgan fingerprint density at radius 1 is 0.839 bits per heavy atom. The predicted octanol–water partition coefficient (Wildman–Crippen LogP) is 3.59. The molecule has 0 heterocycles. The summed E-state index contributed by atoms with van der Waals surface area (Å²) in [5, 5.41) is 8.88. The zero-order chi connectivity index (χ0) is 22.6. The molecule has 0 saturated carbocycles. The van der Waals surface area contributed by atoms with Crippen molar-refractivity contribution in [2.75, 3.05) is 26.4 Å². The number of carboxylic acids is 1. The first-order valence-electron chi connectivity index (χ1n) is 9.93. The molecule has 2 rings (SSSR count). The zero-order valence-electron chi connectivity index (χ0n) is 17.5. The van der Waals surface area contributed by atoms with E-state index in [1.165, 1.54) is 24.3 Å². The minimum atomic E-state index is -1.05. The first kappa shape index (κ1) is 23.9. The minimum absolute atomic E-state index is 0.109. The number of ether oxygens (including phenoxy) is 4. The molecule has 0 fully saturated rings. The van der Waals surface area contributed by atoms with Crippen LogP contribution in [0.2, 0.25) is 0 Å². The number of hydrogen-bond acceptors (Lipinski definition) is 7. The fourth-order valence-corrected chi connectivity index (χ4v) is 2.35. The lowest BCUT2D eigenvalue weighted by molar-refractivity contribution is -0.149.